The predicted molar refractivity (Wildman–Crippen MR) is 74.5 cm³/mol. The number of piperazine rings is 1. The average Bonchev–Trinajstić information content (AvgIpc) is 2.42. The summed E-state index contributed by atoms with van der Waals surface area (Å²) in [6.45, 7) is 4.44. The Morgan fingerprint density at radius 1 is 1.32 bits per heavy atom. The third-order valence-electron chi connectivity index (χ3n) is 3.29. The largest absolute Gasteiger partial charge is 0.508 e. The highest BCUT2D eigenvalue weighted by molar-refractivity contribution is 6.33. The molecule has 6 heteroatoms. The number of rotatable bonds is 3. The number of nitrogens with zero attached hydrogens (tertiary/aromatic N) is 2. The highest BCUT2D eigenvalue weighted by Crippen LogP contribution is 2.23. The second-order valence-corrected chi connectivity index (χ2v) is 4.99. The van der Waals surface area contributed by atoms with Gasteiger partial charge in [0.1, 0.15) is 5.75 Å². The lowest BCUT2D eigenvalue weighted by Gasteiger charge is -2.34. The van der Waals surface area contributed by atoms with Crippen molar-refractivity contribution in [3.63, 3.8) is 0 Å². The van der Waals surface area contributed by atoms with Crippen LogP contribution < -0.4 is 5.73 Å². The van der Waals surface area contributed by atoms with Gasteiger partial charge in [0.25, 0.3) is 5.91 Å². The molecule has 1 aliphatic heterocycles. The van der Waals surface area contributed by atoms with Gasteiger partial charge in [0.15, 0.2) is 0 Å². The van der Waals surface area contributed by atoms with Gasteiger partial charge in [-0.2, -0.15) is 0 Å². The van der Waals surface area contributed by atoms with E-state index in [2.05, 4.69) is 4.90 Å². The molecule has 3 N–H and O–H groups in total. The smallest absolute Gasteiger partial charge is 0.255 e. The van der Waals surface area contributed by atoms with Crippen molar-refractivity contribution in [3.8, 4) is 5.75 Å². The highest BCUT2D eigenvalue weighted by atomic mass is 35.5. The van der Waals surface area contributed by atoms with E-state index in [0.29, 0.717) is 30.2 Å². The molecule has 0 aliphatic carbocycles. The molecule has 0 spiro atoms. The normalized spacial score (nSPS) is 16.6. The first-order valence-electron chi connectivity index (χ1n) is 6.32. The Balaban J connectivity index is 2.03. The lowest BCUT2D eigenvalue weighted by molar-refractivity contribution is 0.0641. The quantitative estimate of drug-likeness (QED) is 0.859. The van der Waals surface area contributed by atoms with Crippen molar-refractivity contribution in [2.45, 2.75) is 0 Å². The zero-order chi connectivity index (χ0) is 13.8. The van der Waals surface area contributed by atoms with Gasteiger partial charge in [0.2, 0.25) is 0 Å². The van der Waals surface area contributed by atoms with Crippen molar-refractivity contribution in [1.29, 1.82) is 0 Å². The number of carbonyl (C=O) groups is 1. The minimum Gasteiger partial charge on any atom is -0.508 e. The average molecular weight is 284 g/mol. The van der Waals surface area contributed by atoms with Gasteiger partial charge in [-0.1, -0.05) is 11.6 Å². The lowest BCUT2D eigenvalue weighted by atomic mass is 10.1. The zero-order valence-electron chi connectivity index (χ0n) is 10.7. The van der Waals surface area contributed by atoms with Crippen molar-refractivity contribution in [2.75, 3.05) is 39.3 Å². The van der Waals surface area contributed by atoms with Crippen LogP contribution in [0.4, 0.5) is 0 Å². The maximum Gasteiger partial charge on any atom is 0.255 e. The van der Waals surface area contributed by atoms with Crippen LogP contribution in [0.5, 0.6) is 5.75 Å². The molecule has 0 bridgehead atoms. The Hall–Kier alpha value is -1.30. The number of phenols is 1. The molecule has 2 rings (SSSR count). The van der Waals surface area contributed by atoms with E-state index in [9.17, 15) is 9.90 Å². The van der Waals surface area contributed by atoms with E-state index in [1.807, 2.05) is 0 Å². The van der Waals surface area contributed by atoms with Crippen LogP contribution >= 0.6 is 11.6 Å². The van der Waals surface area contributed by atoms with Gasteiger partial charge < -0.3 is 15.7 Å². The Labute approximate surface area is 117 Å². The minimum atomic E-state index is -0.131. The molecule has 1 saturated heterocycles. The zero-order valence-corrected chi connectivity index (χ0v) is 11.4. The predicted octanol–water partition coefficient (Wildman–Crippen LogP) is 0.762. The van der Waals surface area contributed by atoms with Gasteiger partial charge >= 0.3 is 0 Å². The van der Waals surface area contributed by atoms with Crippen molar-refractivity contribution in [1.82, 2.24) is 9.80 Å². The van der Waals surface area contributed by atoms with E-state index in [4.69, 9.17) is 17.3 Å². The molecule has 1 fully saturated rings. The minimum absolute atomic E-state index is 0.0505. The summed E-state index contributed by atoms with van der Waals surface area (Å²) in [6, 6.07) is 4.42. The maximum atomic E-state index is 12.3. The molecule has 19 heavy (non-hydrogen) atoms. The third-order valence-corrected chi connectivity index (χ3v) is 3.61. The fourth-order valence-corrected chi connectivity index (χ4v) is 2.40. The van der Waals surface area contributed by atoms with Gasteiger partial charge in [-0.25, -0.2) is 0 Å². The molecule has 0 aromatic heterocycles. The molecule has 1 aromatic rings. The molecule has 0 radical (unpaired) electrons. The molecule has 1 heterocycles. The van der Waals surface area contributed by atoms with Crippen molar-refractivity contribution < 1.29 is 9.90 Å². The second-order valence-electron chi connectivity index (χ2n) is 4.59. The number of carbonyl (C=O) groups excluding carboxylic acids is 1. The molecular formula is C13H18ClN3O2. The maximum absolute atomic E-state index is 12.3. The van der Waals surface area contributed by atoms with Crippen LogP contribution in [0.3, 0.4) is 0 Å². The van der Waals surface area contributed by atoms with Crippen LogP contribution in [-0.2, 0) is 0 Å². The Morgan fingerprint density at radius 2 is 2.00 bits per heavy atom. The summed E-state index contributed by atoms with van der Waals surface area (Å²) in [6.07, 6.45) is 0. The lowest BCUT2D eigenvalue weighted by Crippen LogP contribution is -2.49. The fraction of sp³-hybridized carbons (Fsp3) is 0.462. The summed E-state index contributed by atoms with van der Waals surface area (Å²) >= 11 is 6.00. The molecule has 1 amide bonds. The molecular weight excluding hydrogens is 266 g/mol. The van der Waals surface area contributed by atoms with Crippen LogP contribution in [0.25, 0.3) is 0 Å². The summed E-state index contributed by atoms with van der Waals surface area (Å²) in [5, 5.41) is 9.81. The second kappa shape index (κ2) is 6.23. The van der Waals surface area contributed by atoms with E-state index in [0.717, 1.165) is 19.6 Å². The third kappa shape index (κ3) is 3.37. The molecule has 104 valence electrons. The first-order valence-corrected chi connectivity index (χ1v) is 6.70. The summed E-state index contributed by atoms with van der Waals surface area (Å²) in [7, 11) is 0. The van der Waals surface area contributed by atoms with Crippen LogP contribution in [0.15, 0.2) is 18.2 Å². The van der Waals surface area contributed by atoms with Crippen molar-refractivity contribution in [2.24, 2.45) is 5.73 Å². The van der Waals surface area contributed by atoms with Crippen LogP contribution in [-0.4, -0.2) is 60.1 Å². The number of benzene rings is 1. The molecule has 0 unspecified atom stereocenters. The van der Waals surface area contributed by atoms with Crippen LogP contribution in [0.1, 0.15) is 10.4 Å². The van der Waals surface area contributed by atoms with E-state index in [1.165, 1.54) is 18.2 Å². The number of amides is 1. The van der Waals surface area contributed by atoms with Gasteiger partial charge in [-0.3, -0.25) is 9.69 Å². The van der Waals surface area contributed by atoms with Gasteiger partial charge in [0, 0.05) is 39.3 Å². The summed E-state index contributed by atoms with van der Waals surface area (Å²) in [5.74, 6) is -0.0807. The summed E-state index contributed by atoms with van der Waals surface area (Å²) in [5.41, 5.74) is 5.87. The topological polar surface area (TPSA) is 69.8 Å². The van der Waals surface area contributed by atoms with E-state index >= 15 is 0 Å². The fourth-order valence-electron chi connectivity index (χ4n) is 2.20. The number of halogens is 1. The van der Waals surface area contributed by atoms with Crippen LogP contribution in [0, 0.1) is 0 Å². The number of hydrogen-bond acceptors (Lipinski definition) is 4. The van der Waals surface area contributed by atoms with Gasteiger partial charge in [-0.15, -0.1) is 0 Å². The first kappa shape index (κ1) is 14.1. The molecule has 0 saturated carbocycles. The summed E-state index contributed by atoms with van der Waals surface area (Å²) < 4.78 is 0. The number of aromatic hydroxyl groups is 1. The summed E-state index contributed by atoms with van der Waals surface area (Å²) in [4.78, 5) is 16.3. The van der Waals surface area contributed by atoms with E-state index in [1.54, 1.807) is 4.90 Å². The molecule has 5 nitrogen and oxygen atoms in total. The molecule has 1 aromatic carbocycles. The van der Waals surface area contributed by atoms with E-state index < -0.39 is 0 Å². The molecule has 0 atom stereocenters. The monoisotopic (exact) mass is 283 g/mol. The number of nitrogens with two attached hydrogens (primary N) is 1. The SMILES string of the molecule is NCCN1CCN(C(=O)c2cc(O)ccc2Cl)CC1. The Kier molecular flexibility index (Phi) is 4.63. The van der Waals surface area contributed by atoms with Gasteiger partial charge in [0.05, 0.1) is 10.6 Å². The highest BCUT2D eigenvalue weighted by Gasteiger charge is 2.23. The van der Waals surface area contributed by atoms with Crippen molar-refractivity contribution >= 4 is 17.5 Å². The number of hydrogen-bond donors (Lipinski definition) is 2. The van der Waals surface area contributed by atoms with Crippen molar-refractivity contribution in [3.05, 3.63) is 28.8 Å². The number of phenolic OH excluding ortho intramolecular Hbond substituents is 1. The van der Waals surface area contributed by atoms with Crippen LogP contribution in [0.2, 0.25) is 5.02 Å². The molecule has 1 aliphatic rings. The van der Waals surface area contributed by atoms with E-state index in [-0.39, 0.29) is 11.7 Å². The first-order chi connectivity index (χ1) is 9.11. The Morgan fingerprint density at radius 3 is 2.63 bits per heavy atom. The standard InChI is InChI=1S/C13H18ClN3O2/c14-12-2-1-10(18)9-11(12)13(19)17-7-5-16(4-3-15)6-8-17/h1-2,9,18H,3-8,15H2. The van der Waals surface area contributed by atoms with Gasteiger partial charge in [-0.05, 0) is 18.2 Å². The Bertz CT molecular complexity index is 459.